The predicted octanol–water partition coefficient (Wildman–Crippen LogP) is -4.45. The Morgan fingerprint density at radius 3 is 2.26 bits per heavy atom. The summed E-state index contributed by atoms with van der Waals surface area (Å²) in [6.45, 7) is 0.403. The van der Waals surface area contributed by atoms with Crippen molar-refractivity contribution in [2.45, 2.75) is 37.9 Å². The standard InChI is InChI=1S/C14H27N7O6/c1-7(20-12(25)8(15)3-2-4-18-14(16)17)11(24)19-5-10(23)21-9(6-22)13(26)27/h7-9,22H,2-6,15H2,1H3,(H,19,24)(H,20,25)(H,21,23)(H,26,27)(H4,16,17,18). The molecule has 13 nitrogen and oxygen atoms in total. The van der Waals surface area contributed by atoms with Gasteiger partial charge in [0.15, 0.2) is 5.96 Å². The van der Waals surface area contributed by atoms with Gasteiger partial charge in [0.2, 0.25) is 17.7 Å². The first-order chi connectivity index (χ1) is 12.6. The van der Waals surface area contributed by atoms with E-state index >= 15 is 0 Å². The summed E-state index contributed by atoms with van der Waals surface area (Å²) in [5, 5.41) is 24.2. The van der Waals surface area contributed by atoms with Gasteiger partial charge < -0.3 is 43.4 Å². The van der Waals surface area contributed by atoms with E-state index < -0.39 is 55.0 Å². The molecule has 0 spiro atoms. The van der Waals surface area contributed by atoms with Crippen LogP contribution < -0.4 is 33.2 Å². The largest absolute Gasteiger partial charge is 0.480 e. The zero-order chi connectivity index (χ0) is 21.0. The SMILES string of the molecule is CC(NC(=O)C(N)CCCN=C(N)N)C(=O)NCC(=O)NC(CO)C(=O)O. The third-order valence-electron chi connectivity index (χ3n) is 3.30. The minimum atomic E-state index is -1.47. The van der Waals surface area contributed by atoms with Gasteiger partial charge in [-0.15, -0.1) is 0 Å². The van der Waals surface area contributed by atoms with Crippen LogP contribution in [0, 0.1) is 0 Å². The molecule has 0 aliphatic rings. The number of nitrogens with two attached hydrogens (primary N) is 3. The molecule has 3 unspecified atom stereocenters. The van der Waals surface area contributed by atoms with E-state index in [0.717, 1.165) is 0 Å². The number of guanidine groups is 1. The van der Waals surface area contributed by atoms with E-state index in [0.29, 0.717) is 19.4 Å². The van der Waals surface area contributed by atoms with Crippen molar-refractivity contribution in [3.05, 3.63) is 0 Å². The molecule has 0 aliphatic heterocycles. The number of nitrogens with zero attached hydrogens (tertiary/aromatic N) is 1. The van der Waals surface area contributed by atoms with Crippen LogP contribution in [0.3, 0.4) is 0 Å². The number of rotatable bonds is 12. The number of carboxylic acids is 1. The molecule has 0 fully saturated rings. The highest BCUT2D eigenvalue weighted by atomic mass is 16.4. The average Bonchev–Trinajstić information content (AvgIpc) is 2.60. The Hall–Kier alpha value is -2.93. The number of carbonyl (C=O) groups excluding carboxylic acids is 3. The number of aliphatic hydroxyl groups excluding tert-OH is 1. The summed E-state index contributed by atoms with van der Waals surface area (Å²) >= 11 is 0. The van der Waals surface area contributed by atoms with Gasteiger partial charge in [0, 0.05) is 6.54 Å². The summed E-state index contributed by atoms with van der Waals surface area (Å²) < 4.78 is 0. The smallest absolute Gasteiger partial charge is 0.328 e. The van der Waals surface area contributed by atoms with Gasteiger partial charge >= 0.3 is 5.97 Å². The zero-order valence-electron chi connectivity index (χ0n) is 15.0. The number of carboxylic acid groups (broad SMARTS) is 1. The summed E-state index contributed by atoms with van der Waals surface area (Å²) in [5.41, 5.74) is 16.0. The van der Waals surface area contributed by atoms with Crippen LogP contribution in [0.2, 0.25) is 0 Å². The maximum atomic E-state index is 11.9. The van der Waals surface area contributed by atoms with Crippen molar-refractivity contribution in [2.75, 3.05) is 19.7 Å². The molecule has 0 aromatic carbocycles. The molecule has 0 heterocycles. The number of aliphatic hydroxyl groups is 1. The Labute approximate surface area is 155 Å². The average molecular weight is 389 g/mol. The van der Waals surface area contributed by atoms with Crippen molar-refractivity contribution in [1.29, 1.82) is 0 Å². The second-order valence-corrected chi connectivity index (χ2v) is 5.64. The first kappa shape index (κ1) is 24.1. The van der Waals surface area contributed by atoms with Crippen molar-refractivity contribution < 1.29 is 29.4 Å². The van der Waals surface area contributed by atoms with Crippen LogP contribution in [-0.4, -0.2) is 77.7 Å². The van der Waals surface area contributed by atoms with Gasteiger partial charge in [-0.3, -0.25) is 19.4 Å². The van der Waals surface area contributed by atoms with Crippen LogP contribution in [0.5, 0.6) is 0 Å². The number of aliphatic carboxylic acids is 1. The molecule has 0 bridgehead atoms. The molecule has 0 radical (unpaired) electrons. The number of aliphatic imine (C=N–C) groups is 1. The maximum absolute atomic E-state index is 11.9. The Morgan fingerprint density at radius 2 is 1.74 bits per heavy atom. The summed E-state index contributed by atoms with van der Waals surface area (Å²) in [4.78, 5) is 49.8. The van der Waals surface area contributed by atoms with Gasteiger partial charge in [0.25, 0.3) is 0 Å². The highest BCUT2D eigenvalue weighted by Crippen LogP contribution is 1.96. The summed E-state index contributed by atoms with van der Waals surface area (Å²) in [6, 6.07) is -3.30. The van der Waals surface area contributed by atoms with Crippen molar-refractivity contribution >= 4 is 29.7 Å². The second-order valence-electron chi connectivity index (χ2n) is 5.64. The van der Waals surface area contributed by atoms with Crippen LogP contribution in [0.4, 0.5) is 0 Å². The third-order valence-corrected chi connectivity index (χ3v) is 3.30. The maximum Gasteiger partial charge on any atom is 0.328 e. The molecule has 0 aliphatic carbocycles. The lowest BCUT2D eigenvalue weighted by Gasteiger charge is -2.17. The summed E-state index contributed by atoms with van der Waals surface area (Å²) in [7, 11) is 0. The van der Waals surface area contributed by atoms with Gasteiger partial charge in [0.05, 0.1) is 19.2 Å². The fraction of sp³-hybridized carbons (Fsp3) is 0.643. The van der Waals surface area contributed by atoms with E-state index in [4.69, 9.17) is 27.4 Å². The number of carbonyl (C=O) groups is 4. The van der Waals surface area contributed by atoms with Crippen molar-refractivity contribution in [2.24, 2.45) is 22.2 Å². The van der Waals surface area contributed by atoms with Crippen molar-refractivity contribution in [1.82, 2.24) is 16.0 Å². The Bertz CT molecular complexity index is 564. The molecule has 13 heteroatoms. The van der Waals surface area contributed by atoms with Crippen LogP contribution in [0.25, 0.3) is 0 Å². The summed E-state index contributed by atoms with van der Waals surface area (Å²) in [5.74, 6) is -3.50. The number of hydrogen-bond donors (Lipinski definition) is 8. The highest BCUT2D eigenvalue weighted by Gasteiger charge is 2.22. The molecular weight excluding hydrogens is 362 g/mol. The van der Waals surface area contributed by atoms with E-state index in [1.165, 1.54) is 6.92 Å². The third kappa shape index (κ3) is 10.6. The molecule has 154 valence electrons. The summed E-state index contributed by atoms with van der Waals surface area (Å²) in [6.07, 6.45) is 0.778. The second kappa shape index (κ2) is 12.4. The molecule has 0 saturated carbocycles. The molecule has 0 aromatic heterocycles. The zero-order valence-corrected chi connectivity index (χ0v) is 15.0. The number of amides is 3. The van der Waals surface area contributed by atoms with Gasteiger partial charge in [-0.05, 0) is 19.8 Å². The van der Waals surface area contributed by atoms with Gasteiger partial charge in [-0.25, -0.2) is 4.79 Å². The Morgan fingerprint density at radius 1 is 1.11 bits per heavy atom. The van der Waals surface area contributed by atoms with E-state index in [1.807, 2.05) is 5.32 Å². The molecule has 0 rings (SSSR count). The quantitative estimate of drug-likeness (QED) is 0.0911. The number of nitrogens with one attached hydrogen (secondary N) is 3. The molecule has 0 aromatic rings. The van der Waals surface area contributed by atoms with Crippen LogP contribution in [0.1, 0.15) is 19.8 Å². The van der Waals surface area contributed by atoms with Gasteiger partial charge in [-0.1, -0.05) is 0 Å². The number of hydrogen-bond acceptors (Lipinski definition) is 7. The molecular formula is C14H27N7O6. The Balaban J connectivity index is 4.25. The van der Waals surface area contributed by atoms with Crippen LogP contribution in [0.15, 0.2) is 4.99 Å². The first-order valence-corrected chi connectivity index (χ1v) is 8.10. The molecule has 27 heavy (non-hydrogen) atoms. The van der Waals surface area contributed by atoms with E-state index in [1.54, 1.807) is 0 Å². The first-order valence-electron chi connectivity index (χ1n) is 8.10. The van der Waals surface area contributed by atoms with Crippen LogP contribution in [-0.2, 0) is 19.2 Å². The van der Waals surface area contributed by atoms with E-state index in [9.17, 15) is 19.2 Å². The van der Waals surface area contributed by atoms with Crippen molar-refractivity contribution in [3.8, 4) is 0 Å². The molecule has 0 saturated heterocycles. The fourth-order valence-corrected chi connectivity index (χ4v) is 1.79. The lowest BCUT2D eigenvalue weighted by Crippen LogP contribution is -2.52. The minimum Gasteiger partial charge on any atom is -0.480 e. The van der Waals surface area contributed by atoms with Gasteiger partial charge in [-0.2, -0.15) is 0 Å². The van der Waals surface area contributed by atoms with Crippen LogP contribution >= 0.6 is 0 Å². The molecule has 3 atom stereocenters. The van der Waals surface area contributed by atoms with E-state index in [-0.39, 0.29) is 5.96 Å². The molecule has 3 amide bonds. The highest BCUT2D eigenvalue weighted by molar-refractivity contribution is 5.92. The minimum absolute atomic E-state index is 0.0592. The monoisotopic (exact) mass is 389 g/mol. The normalized spacial score (nSPS) is 13.6. The van der Waals surface area contributed by atoms with Crippen molar-refractivity contribution in [3.63, 3.8) is 0 Å². The van der Waals surface area contributed by atoms with Gasteiger partial charge in [0.1, 0.15) is 12.1 Å². The topological polar surface area (TPSA) is 235 Å². The van der Waals surface area contributed by atoms with E-state index in [2.05, 4.69) is 15.6 Å². The lowest BCUT2D eigenvalue weighted by molar-refractivity contribution is -0.142. The Kier molecular flexibility index (Phi) is 11.1. The molecule has 11 N–H and O–H groups in total. The fourth-order valence-electron chi connectivity index (χ4n) is 1.79. The lowest BCUT2D eigenvalue weighted by atomic mass is 10.1. The predicted molar refractivity (Wildman–Crippen MR) is 95.2 cm³/mol.